The second kappa shape index (κ2) is 5.62. The van der Waals surface area contributed by atoms with Crippen LogP contribution in [0, 0.1) is 0 Å². The first kappa shape index (κ1) is 11.0. The lowest BCUT2D eigenvalue weighted by atomic mass is 10.4. The van der Waals surface area contributed by atoms with Gasteiger partial charge in [-0.3, -0.25) is 4.21 Å². The summed E-state index contributed by atoms with van der Waals surface area (Å²) in [6.45, 7) is 0.507. The molecule has 0 rings (SSSR count). The minimum absolute atomic E-state index is 0.507. The molecule has 0 aromatic rings. The van der Waals surface area contributed by atoms with E-state index in [1.807, 2.05) is 6.26 Å². The summed E-state index contributed by atoms with van der Waals surface area (Å²) in [7, 11) is -0.973. The van der Waals surface area contributed by atoms with E-state index >= 15 is 0 Å². The van der Waals surface area contributed by atoms with Gasteiger partial charge in [-0.05, 0) is 12.8 Å². The van der Waals surface area contributed by atoms with Crippen LogP contribution >= 0.6 is 11.8 Å². The number of hydrogen-bond acceptors (Lipinski definition) is 4. The first-order chi connectivity index (χ1) is 5.13. The number of hydrogen-bond donors (Lipinski definition) is 2. The fourth-order valence-corrected chi connectivity index (χ4v) is 2.46. The van der Waals surface area contributed by atoms with Gasteiger partial charge in [0.05, 0.1) is 15.0 Å². The molecule has 0 radical (unpaired) electrons. The second-order valence-electron chi connectivity index (χ2n) is 2.01. The van der Waals surface area contributed by atoms with Gasteiger partial charge in [-0.25, -0.2) is 0 Å². The molecule has 1 unspecified atom stereocenters. The standard InChI is InChI=1S/C6H14N2OS2/c1-10-6(11(2)9)5(8)3-4-7/h3-4,7-8H2,1-2H3/b6-5-. The lowest BCUT2D eigenvalue weighted by molar-refractivity contribution is 0.691. The van der Waals surface area contributed by atoms with Gasteiger partial charge in [0.15, 0.2) is 0 Å². The van der Waals surface area contributed by atoms with Crippen molar-refractivity contribution < 1.29 is 4.21 Å². The Morgan fingerprint density at radius 2 is 2.18 bits per heavy atom. The monoisotopic (exact) mass is 194 g/mol. The van der Waals surface area contributed by atoms with Crippen molar-refractivity contribution in [3.63, 3.8) is 0 Å². The van der Waals surface area contributed by atoms with Crippen molar-refractivity contribution in [1.82, 2.24) is 0 Å². The van der Waals surface area contributed by atoms with E-state index in [1.165, 1.54) is 11.8 Å². The predicted molar refractivity (Wildman–Crippen MR) is 52.5 cm³/mol. The average Bonchev–Trinajstić information content (AvgIpc) is 1.88. The van der Waals surface area contributed by atoms with Gasteiger partial charge in [-0.15, -0.1) is 11.8 Å². The zero-order chi connectivity index (χ0) is 8.85. The Labute approximate surface area is 74.1 Å². The van der Waals surface area contributed by atoms with Crippen LogP contribution in [0.15, 0.2) is 9.93 Å². The van der Waals surface area contributed by atoms with Crippen LogP contribution in [0.3, 0.4) is 0 Å². The Morgan fingerprint density at radius 3 is 2.45 bits per heavy atom. The summed E-state index contributed by atoms with van der Waals surface area (Å²) >= 11 is 1.42. The van der Waals surface area contributed by atoms with Crippen molar-refractivity contribution in [1.29, 1.82) is 0 Å². The lowest BCUT2D eigenvalue weighted by Crippen LogP contribution is -2.09. The molecule has 11 heavy (non-hydrogen) atoms. The topological polar surface area (TPSA) is 69.1 Å². The van der Waals surface area contributed by atoms with Gasteiger partial charge >= 0.3 is 0 Å². The Morgan fingerprint density at radius 1 is 1.64 bits per heavy atom. The molecular formula is C6H14N2OS2. The highest BCUT2D eigenvalue weighted by Gasteiger charge is 2.04. The molecule has 0 heterocycles. The van der Waals surface area contributed by atoms with Crippen LogP contribution in [0.4, 0.5) is 0 Å². The maximum absolute atomic E-state index is 11.0. The summed E-state index contributed by atoms with van der Waals surface area (Å²) in [4.78, 5) is 0. The Bertz CT molecular complexity index is 179. The van der Waals surface area contributed by atoms with Crippen LogP contribution in [-0.2, 0) is 10.8 Å². The van der Waals surface area contributed by atoms with Gasteiger partial charge in [0.1, 0.15) is 0 Å². The minimum atomic E-state index is -0.973. The SMILES string of the molecule is CS/C(=C(/N)CCN)S(C)=O. The first-order valence-corrected chi connectivity index (χ1v) is 5.97. The van der Waals surface area contributed by atoms with Crippen LogP contribution in [-0.4, -0.2) is 23.3 Å². The van der Waals surface area contributed by atoms with Crippen molar-refractivity contribution >= 4 is 22.6 Å². The average molecular weight is 194 g/mol. The van der Waals surface area contributed by atoms with E-state index in [4.69, 9.17) is 11.5 Å². The second-order valence-corrected chi connectivity index (χ2v) is 4.40. The molecule has 0 aliphatic heterocycles. The zero-order valence-electron chi connectivity index (χ0n) is 6.79. The molecule has 0 aromatic carbocycles. The lowest BCUT2D eigenvalue weighted by Gasteiger charge is -2.04. The van der Waals surface area contributed by atoms with E-state index < -0.39 is 10.8 Å². The third kappa shape index (κ3) is 3.79. The molecule has 0 bridgehead atoms. The third-order valence-electron chi connectivity index (χ3n) is 1.12. The maximum Gasteiger partial charge on any atom is 0.0898 e. The van der Waals surface area contributed by atoms with Crippen LogP contribution in [0.25, 0.3) is 0 Å². The van der Waals surface area contributed by atoms with Crippen molar-refractivity contribution in [2.24, 2.45) is 11.5 Å². The van der Waals surface area contributed by atoms with Crippen molar-refractivity contribution in [3.8, 4) is 0 Å². The van der Waals surface area contributed by atoms with E-state index in [1.54, 1.807) is 6.26 Å². The quantitative estimate of drug-likeness (QED) is 0.671. The zero-order valence-corrected chi connectivity index (χ0v) is 8.43. The molecule has 66 valence electrons. The number of nitrogens with two attached hydrogens (primary N) is 2. The molecule has 1 atom stereocenters. The molecule has 0 spiro atoms. The normalized spacial score (nSPS) is 15.9. The van der Waals surface area contributed by atoms with Gasteiger partial charge < -0.3 is 11.5 Å². The molecule has 4 N–H and O–H groups in total. The third-order valence-corrected chi connectivity index (χ3v) is 3.74. The van der Waals surface area contributed by atoms with E-state index in [0.717, 1.165) is 4.24 Å². The predicted octanol–water partition coefficient (Wildman–Crippen LogP) is 0.205. The van der Waals surface area contributed by atoms with E-state index in [2.05, 4.69) is 0 Å². The molecule has 0 aromatic heterocycles. The highest BCUT2D eigenvalue weighted by Crippen LogP contribution is 2.18. The van der Waals surface area contributed by atoms with Crippen LogP contribution in [0.5, 0.6) is 0 Å². The molecule has 5 heteroatoms. The van der Waals surface area contributed by atoms with Gasteiger partial charge in [0.25, 0.3) is 0 Å². The molecule has 0 saturated carbocycles. The molecular weight excluding hydrogens is 180 g/mol. The van der Waals surface area contributed by atoms with Crippen LogP contribution in [0.1, 0.15) is 6.42 Å². The summed E-state index contributed by atoms with van der Waals surface area (Å²) in [6, 6.07) is 0. The molecule has 0 aliphatic carbocycles. The van der Waals surface area contributed by atoms with Crippen LogP contribution < -0.4 is 11.5 Å². The molecule has 0 saturated heterocycles. The first-order valence-electron chi connectivity index (χ1n) is 3.19. The Hall–Kier alpha value is -0.0000000000000000833. The fraction of sp³-hybridized carbons (Fsp3) is 0.667. The van der Waals surface area contributed by atoms with Crippen molar-refractivity contribution in [2.75, 3.05) is 19.1 Å². The summed E-state index contributed by atoms with van der Waals surface area (Å²) in [5, 5.41) is 0. The summed E-state index contributed by atoms with van der Waals surface area (Å²) in [5.74, 6) is 0. The summed E-state index contributed by atoms with van der Waals surface area (Å²) in [5.41, 5.74) is 11.6. The van der Waals surface area contributed by atoms with Crippen molar-refractivity contribution in [2.45, 2.75) is 6.42 Å². The Balaban J connectivity index is 4.40. The van der Waals surface area contributed by atoms with Gasteiger partial charge in [-0.2, -0.15) is 0 Å². The van der Waals surface area contributed by atoms with Crippen molar-refractivity contribution in [3.05, 3.63) is 9.93 Å². The van der Waals surface area contributed by atoms with E-state index in [0.29, 0.717) is 18.7 Å². The summed E-state index contributed by atoms with van der Waals surface area (Å²) in [6.07, 6.45) is 4.10. The van der Waals surface area contributed by atoms with Crippen LogP contribution in [0.2, 0.25) is 0 Å². The number of thioether (sulfide) groups is 1. The molecule has 3 nitrogen and oxygen atoms in total. The largest absolute Gasteiger partial charge is 0.401 e. The highest BCUT2D eigenvalue weighted by molar-refractivity contribution is 8.15. The van der Waals surface area contributed by atoms with Gasteiger partial charge in [-0.1, -0.05) is 0 Å². The Kier molecular flexibility index (Phi) is 5.62. The fourth-order valence-electron chi connectivity index (χ4n) is 0.691. The smallest absolute Gasteiger partial charge is 0.0898 e. The van der Waals surface area contributed by atoms with E-state index in [-0.39, 0.29) is 0 Å². The highest BCUT2D eigenvalue weighted by atomic mass is 32.2. The van der Waals surface area contributed by atoms with Gasteiger partial charge in [0, 0.05) is 18.4 Å². The molecule has 0 amide bonds. The minimum Gasteiger partial charge on any atom is -0.401 e. The maximum atomic E-state index is 11.0. The molecule has 0 fully saturated rings. The number of rotatable bonds is 4. The summed E-state index contributed by atoms with van der Waals surface area (Å²) < 4.78 is 11.7. The van der Waals surface area contributed by atoms with E-state index in [9.17, 15) is 4.21 Å². The molecule has 0 aliphatic rings. The van der Waals surface area contributed by atoms with Gasteiger partial charge in [0.2, 0.25) is 0 Å².